The van der Waals surface area contributed by atoms with Crippen LogP contribution in [0.15, 0.2) is 48.7 Å². The van der Waals surface area contributed by atoms with E-state index in [9.17, 15) is 14.9 Å². The van der Waals surface area contributed by atoms with Gasteiger partial charge in [-0.05, 0) is 29.8 Å². The molecule has 0 aliphatic carbocycles. The van der Waals surface area contributed by atoms with Crippen LogP contribution in [0.5, 0.6) is 5.75 Å². The van der Waals surface area contributed by atoms with Crippen molar-refractivity contribution in [3.8, 4) is 5.75 Å². The Morgan fingerprint density at radius 3 is 2.77 bits per heavy atom. The number of pyridine rings is 1. The summed E-state index contributed by atoms with van der Waals surface area (Å²) in [4.78, 5) is 26.7. The van der Waals surface area contributed by atoms with Crippen molar-refractivity contribution in [3.05, 3.63) is 70.0 Å². The summed E-state index contributed by atoms with van der Waals surface area (Å²) in [7, 11) is 1.53. The summed E-state index contributed by atoms with van der Waals surface area (Å²) < 4.78 is 5.13. The molecule has 0 saturated heterocycles. The molecule has 22 heavy (non-hydrogen) atoms. The topological polar surface area (TPSA) is 82.3 Å². The molecule has 1 aromatic heterocycles. The molecule has 1 aromatic carbocycles. The van der Waals surface area contributed by atoms with Crippen LogP contribution in [0.2, 0.25) is 0 Å². The lowest BCUT2D eigenvalue weighted by Gasteiger charge is -2.13. The van der Waals surface area contributed by atoms with Gasteiger partial charge in [0, 0.05) is 17.5 Å². The van der Waals surface area contributed by atoms with E-state index in [0.29, 0.717) is 17.0 Å². The van der Waals surface area contributed by atoms with Gasteiger partial charge in [0.05, 0.1) is 13.0 Å². The zero-order chi connectivity index (χ0) is 15.9. The van der Waals surface area contributed by atoms with Crippen molar-refractivity contribution in [1.82, 2.24) is 4.98 Å². The average molecular weight is 300 g/mol. The number of nitrogens with zero attached hydrogens (tertiary/aromatic N) is 2. The lowest BCUT2D eigenvalue weighted by atomic mass is 9.92. The summed E-state index contributed by atoms with van der Waals surface area (Å²) in [6.07, 6.45) is 1.56. The average Bonchev–Trinajstić information content (AvgIpc) is 2.54. The number of Topliss-reactive ketones (excluding diaryl/α,β-unsaturated/α-hetero) is 1. The number of nitro groups is 1. The van der Waals surface area contributed by atoms with E-state index in [2.05, 4.69) is 4.98 Å². The van der Waals surface area contributed by atoms with E-state index in [1.165, 1.54) is 13.3 Å². The molecule has 1 atom stereocenters. The molecule has 0 saturated carbocycles. The number of ketones is 1. The molecule has 0 amide bonds. The van der Waals surface area contributed by atoms with E-state index in [1.807, 2.05) is 0 Å². The molecular formula is C16H16N2O4. The van der Waals surface area contributed by atoms with Crippen LogP contribution in [0.3, 0.4) is 0 Å². The highest BCUT2D eigenvalue weighted by atomic mass is 16.6. The van der Waals surface area contributed by atoms with Crippen LogP contribution < -0.4 is 4.74 Å². The molecule has 0 radical (unpaired) electrons. The predicted octanol–water partition coefficient (Wildman–Crippen LogP) is 2.72. The number of carbonyl (C=O) groups is 1. The van der Waals surface area contributed by atoms with Gasteiger partial charge in [-0.1, -0.05) is 18.2 Å². The van der Waals surface area contributed by atoms with Gasteiger partial charge >= 0.3 is 0 Å². The van der Waals surface area contributed by atoms with Crippen molar-refractivity contribution in [2.24, 2.45) is 0 Å². The molecular weight excluding hydrogens is 284 g/mol. The zero-order valence-corrected chi connectivity index (χ0v) is 12.1. The number of ether oxygens (including phenoxy) is 1. The van der Waals surface area contributed by atoms with Gasteiger partial charge in [0.25, 0.3) is 0 Å². The largest absolute Gasteiger partial charge is 0.497 e. The Balaban J connectivity index is 2.22. The lowest BCUT2D eigenvalue weighted by Crippen LogP contribution is -2.17. The van der Waals surface area contributed by atoms with Gasteiger partial charge in [-0.3, -0.25) is 19.9 Å². The van der Waals surface area contributed by atoms with E-state index in [4.69, 9.17) is 4.74 Å². The maximum Gasteiger partial charge on any atom is 0.211 e. The highest BCUT2D eigenvalue weighted by Crippen LogP contribution is 2.25. The van der Waals surface area contributed by atoms with Crippen LogP contribution in [0.4, 0.5) is 0 Å². The Morgan fingerprint density at radius 2 is 2.14 bits per heavy atom. The Labute approximate surface area is 127 Å². The molecule has 1 heterocycles. The van der Waals surface area contributed by atoms with Gasteiger partial charge in [-0.15, -0.1) is 0 Å². The maximum absolute atomic E-state index is 12.2. The van der Waals surface area contributed by atoms with Crippen LogP contribution in [0.25, 0.3) is 0 Å². The molecule has 0 unspecified atom stereocenters. The third-order valence-electron chi connectivity index (χ3n) is 3.32. The Bertz CT molecular complexity index is 658. The number of aromatic nitrogens is 1. The second kappa shape index (κ2) is 7.31. The van der Waals surface area contributed by atoms with Gasteiger partial charge in [-0.2, -0.15) is 0 Å². The van der Waals surface area contributed by atoms with E-state index in [-0.39, 0.29) is 18.7 Å². The fourth-order valence-electron chi connectivity index (χ4n) is 2.22. The Hall–Kier alpha value is -2.76. The van der Waals surface area contributed by atoms with Gasteiger partial charge in [0.1, 0.15) is 11.4 Å². The molecule has 114 valence electrons. The standard InChI is InChI=1S/C16H16N2O4/c1-22-14-6-4-5-12(9-14)13(11-18(20)21)10-16(19)15-7-2-3-8-17-15/h2-9,13H,10-11H2,1H3/t13-/m1/s1. The number of methoxy groups -OCH3 is 1. The third kappa shape index (κ3) is 4.12. The van der Waals surface area contributed by atoms with Crippen molar-refractivity contribution in [2.45, 2.75) is 12.3 Å². The van der Waals surface area contributed by atoms with Gasteiger partial charge in [0.2, 0.25) is 6.54 Å². The summed E-state index contributed by atoms with van der Waals surface area (Å²) in [6, 6.07) is 12.0. The van der Waals surface area contributed by atoms with Crippen LogP contribution >= 0.6 is 0 Å². The van der Waals surface area contributed by atoms with Crippen molar-refractivity contribution in [3.63, 3.8) is 0 Å². The minimum absolute atomic E-state index is 0.0329. The molecule has 0 spiro atoms. The summed E-state index contributed by atoms with van der Waals surface area (Å²) in [5.41, 5.74) is 1.03. The summed E-state index contributed by atoms with van der Waals surface area (Å²) >= 11 is 0. The number of rotatable bonds is 7. The molecule has 6 heteroatoms. The van der Waals surface area contributed by atoms with Gasteiger partial charge < -0.3 is 4.74 Å². The normalized spacial score (nSPS) is 11.7. The fraction of sp³-hybridized carbons (Fsp3) is 0.250. The second-order valence-electron chi connectivity index (χ2n) is 4.83. The van der Waals surface area contributed by atoms with Crippen LogP contribution in [0.1, 0.15) is 28.4 Å². The van der Waals surface area contributed by atoms with E-state index in [0.717, 1.165) is 0 Å². The smallest absolute Gasteiger partial charge is 0.211 e. The van der Waals surface area contributed by atoms with Gasteiger partial charge in [-0.25, -0.2) is 0 Å². The number of hydrogen-bond donors (Lipinski definition) is 0. The minimum Gasteiger partial charge on any atom is -0.497 e. The summed E-state index contributed by atoms with van der Waals surface area (Å²) in [6.45, 7) is -0.314. The molecule has 2 rings (SSSR count). The first-order chi connectivity index (χ1) is 10.6. The molecule has 0 aliphatic heterocycles. The van der Waals surface area contributed by atoms with Gasteiger partial charge in [0.15, 0.2) is 5.78 Å². The minimum atomic E-state index is -0.514. The van der Waals surface area contributed by atoms with Crippen molar-refractivity contribution < 1.29 is 14.5 Å². The molecule has 6 nitrogen and oxygen atoms in total. The van der Waals surface area contributed by atoms with Crippen LogP contribution in [-0.4, -0.2) is 29.3 Å². The maximum atomic E-state index is 12.2. The fourth-order valence-corrected chi connectivity index (χ4v) is 2.22. The predicted molar refractivity (Wildman–Crippen MR) is 80.8 cm³/mol. The monoisotopic (exact) mass is 300 g/mol. The second-order valence-corrected chi connectivity index (χ2v) is 4.83. The molecule has 0 N–H and O–H groups in total. The quantitative estimate of drug-likeness (QED) is 0.446. The molecule has 0 aliphatic rings. The number of carbonyl (C=O) groups excluding carboxylic acids is 1. The number of hydrogen-bond acceptors (Lipinski definition) is 5. The Kier molecular flexibility index (Phi) is 5.19. The first-order valence-corrected chi connectivity index (χ1v) is 6.80. The lowest BCUT2D eigenvalue weighted by molar-refractivity contribution is -0.483. The van der Waals surface area contributed by atoms with Crippen molar-refractivity contribution in [2.75, 3.05) is 13.7 Å². The summed E-state index contributed by atoms with van der Waals surface area (Å²) in [5, 5.41) is 10.9. The first-order valence-electron chi connectivity index (χ1n) is 6.80. The number of benzene rings is 1. The van der Waals surface area contributed by atoms with Crippen LogP contribution in [0, 0.1) is 10.1 Å². The SMILES string of the molecule is COc1cccc([C@H](CC(=O)c2ccccn2)C[N+](=O)[O-])c1. The van der Waals surface area contributed by atoms with E-state index < -0.39 is 10.8 Å². The molecule has 0 fully saturated rings. The zero-order valence-electron chi connectivity index (χ0n) is 12.1. The third-order valence-corrected chi connectivity index (χ3v) is 3.32. The van der Waals surface area contributed by atoms with Crippen LogP contribution in [-0.2, 0) is 0 Å². The first kappa shape index (κ1) is 15.6. The van der Waals surface area contributed by atoms with Crippen molar-refractivity contribution >= 4 is 5.78 Å². The van der Waals surface area contributed by atoms with E-state index in [1.54, 1.807) is 42.5 Å². The summed E-state index contributed by atoms with van der Waals surface area (Å²) in [5.74, 6) is -0.119. The van der Waals surface area contributed by atoms with Crippen molar-refractivity contribution in [1.29, 1.82) is 0 Å². The Morgan fingerprint density at radius 1 is 1.32 bits per heavy atom. The highest BCUT2D eigenvalue weighted by Gasteiger charge is 2.23. The highest BCUT2D eigenvalue weighted by molar-refractivity contribution is 5.94. The van der Waals surface area contributed by atoms with E-state index >= 15 is 0 Å². The molecule has 2 aromatic rings. The molecule has 0 bridgehead atoms.